The first-order valence-electron chi connectivity index (χ1n) is 12.7. The van der Waals surface area contributed by atoms with Crippen molar-refractivity contribution < 1.29 is 14.3 Å². The van der Waals surface area contributed by atoms with E-state index in [2.05, 4.69) is 35.1 Å². The van der Waals surface area contributed by atoms with Crippen LogP contribution < -0.4 is 21.3 Å². The lowest BCUT2D eigenvalue weighted by Crippen LogP contribution is -2.58. The third-order valence-electron chi connectivity index (χ3n) is 8.17. The molecule has 3 heterocycles. The summed E-state index contributed by atoms with van der Waals surface area (Å²) in [6.45, 7) is 6.89. The second-order valence-electron chi connectivity index (χ2n) is 10.5. The highest BCUT2D eigenvalue weighted by molar-refractivity contribution is 5.82. The Morgan fingerprint density at radius 3 is 2.68 bits per heavy atom. The summed E-state index contributed by atoms with van der Waals surface area (Å²) < 4.78 is 5.36. The molecule has 0 bridgehead atoms. The van der Waals surface area contributed by atoms with Gasteiger partial charge in [0.15, 0.2) is 0 Å². The lowest BCUT2D eigenvalue weighted by Gasteiger charge is -2.37. The molecule has 7 nitrogen and oxygen atoms in total. The lowest BCUT2D eigenvalue weighted by molar-refractivity contribution is -0.125. The fourth-order valence-electron chi connectivity index (χ4n) is 6.35. The van der Waals surface area contributed by atoms with Crippen molar-refractivity contribution in [2.24, 2.45) is 17.8 Å². The highest BCUT2D eigenvalue weighted by atomic mass is 16.5. The quantitative estimate of drug-likeness (QED) is 0.490. The van der Waals surface area contributed by atoms with Crippen LogP contribution >= 0.6 is 0 Å². The van der Waals surface area contributed by atoms with Crippen LogP contribution in [0.25, 0.3) is 0 Å². The molecule has 2 amide bonds. The largest absolute Gasteiger partial charge is 0.379 e. The number of ether oxygens (including phenoxy) is 1. The molecular weight excluding hydrogens is 392 g/mol. The van der Waals surface area contributed by atoms with Crippen LogP contribution in [-0.2, 0) is 14.3 Å². The minimum Gasteiger partial charge on any atom is -0.379 e. The van der Waals surface area contributed by atoms with E-state index in [4.69, 9.17) is 4.74 Å². The molecule has 0 spiro atoms. The lowest BCUT2D eigenvalue weighted by atomic mass is 9.78. The minimum absolute atomic E-state index is 0.0183. The maximum Gasteiger partial charge on any atom is 0.237 e. The van der Waals surface area contributed by atoms with Crippen molar-refractivity contribution in [2.75, 3.05) is 19.8 Å². The second kappa shape index (κ2) is 10.6. The molecular formula is C24H42N4O3. The number of fused-ring (bicyclic) bond motifs is 1. The van der Waals surface area contributed by atoms with Crippen molar-refractivity contribution in [1.29, 1.82) is 0 Å². The van der Waals surface area contributed by atoms with Gasteiger partial charge in [0.05, 0.1) is 18.7 Å². The van der Waals surface area contributed by atoms with Crippen molar-refractivity contribution in [3.8, 4) is 0 Å². The number of nitrogens with one attached hydrogen (secondary N) is 4. The van der Waals surface area contributed by atoms with E-state index < -0.39 is 0 Å². The Morgan fingerprint density at radius 1 is 1.10 bits per heavy atom. The molecule has 31 heavy (non-hydrogen) atoms. The summed E-state index contributed by atoms with van der Waals surface area (Å²) in [7, 11) is 0. The summed E-state index contributed by atoms with van der Waals surface area (Å²) >= 11 is 0. The first-order valence-corrected chi connectivity index (χ1v) is 12.7. The van der Waals surface area contributed by atoms with E-state index in [1.165, 1.54) is 32.1 Å². The molecule has 4 rings (SSSR count). The Hall–Kier alpha value is -1.18. The van der Waals surface area contributed by atoms with E-state index in [9.17, 15) is 9.59 Å². The summed E-state index contributed by atoms with van der Waals surface area (Å²) in [6, 6.07) is 0.730. The van der Waals surface area contributed by atoms with E-state index in [0.29, 0.717) is 43.2 Å². The summed E-state index contributed by atoms with van der Waals surface area (Å²) in [6.07, 6.45) is 9.06. The van der Waals surface area contributed by atoms with Crippen LogP contribution in [0.1, 0.15) is 71.6 Å². The van der Waals surface area contributed by atoms with Gasteiger partial charge in [0, 0.05) is 31.2 Å². The molecule has 8 atom stereocenters. The molecule has 0 aromatic rings. The molecule has 0 radical (unpaired) electrons. The average molecular weight is 435 g/mol. The van der Waals surface area contributed by atoms with Crippen LogP contribution in [0.4, 0.5) is 0 Å². The number of amides is 2. The normalized spacial score (nSPS) is 39.0. The van der Waals surface area contributed by atoms with Gasteiger partial charge in [-0.15, -0.1) is 0 Å². The second-order valence-corrected chi connectivity index (χ2v) is 10.5. The van der Waals surface area contributed by atoms with Gasteiger partial charge >= 0.3 is 0 Å². The summed E-state index contributed by atoms with van der Waals surface area (Å²) in [5, 5.41) is 13.7. The zero-order valence-electron chi connectivity index (χ0n) is 19.3. The van der Waals surface area contributed by atoms with Crippen molar-refractivity contribution in [3.63, 3.8) is 0 Å². The first kappa shape index (κ1) is 23.0. The molecule has 3 aliphatic heterocycles. The molecule has 4 fully saturated rings. The molecule has 0 aromatic carbocycles. The van der Waals surface area contributed by atoms with Crippen LogP contribution in [0.5, 0.6) is 0 Å². The molecule has 4 aliphatic rings. The third-order valence-corrected chi connectivity index (χ3v) is 8.17. The molecule has 8 unspecified atom stereocenters. The van der Waals surface area contributed by atoms with Crippen molar-refractivity contribution in [3.05, 3.63) is 0 Å². The smallest absolute Gasteiger partial charge is 0.237 e. The number of hydrogen-bond donors (Lipinski definition) is 4. The van der Waals surface area contributed by atoms with Crippen molar-refractivity contribution >= 4 is 11.8 Å². The summed E-state index contributed by atoms with van der Waals surface area (Å²) in [5.41, 5.74) is 0. The zero-order valence-corrected chi connectivity index (χ0v) is 19.3. The monoisotopic (exact) mass is 434 g/mol. The van der Waals surface area contributed by atoms with E-state index in [1.54, 1.807) is 0 Å². The van der Waals surface area contributed by atoms with Crippen molar-refractivity contribution in [2.45, 2.75) is 102 Å². The minimum atomic E-state index is -0.0959. The predicted molar refractivity (Wildman–Crippen MR) is 121 cm³/mol. The van der Waals surface area contributed by atoms with Crippen LogP contribution in [0.2, 0.25) is 0 Å². The summed E-state index contributed by atoms with van der Waals surface area (Å²) in [4.78, 5) is 25.8. The van der Waals surface area contributed by atoms with Gasteiger partial charge in [0.1, 0.15) is 0 Å². The topological polar surface area (TPSA) is 91.5 Å². The number of hydrogen-bond acceptors (Lipinski definition) is 5. The van der Waals surface area contributed by atoms with Gasteiger partial charge in [-0.1, -0.05) is 20.3 Å². The van der Waals surface area contributed by atoms with Crippen LogP contribution in [0, 0.1) is 17.8 Å². The molecule has 7 heteroatoms. The Kier molecular flexibility index (Phi) is 7.88. The fraction of sp³-hybridized carbons (Fsp3) is 0.917. The van der Waals surface area contributed by atoms with Crippen LogP contribution in [0.15, 0.2) is 0 Å². The number of piperidine rings is 1. The van der Waals surface area contributed by atoms with Gasteiger partial charge in [-0.3, -0.25) is 9.59 Å². The maximum absolute atomic E-state index is 13.3. The SMILES string of the molecule is CC1CCCC2CC(C(=O)NC(CCC(=O)NC3CCOC3)C3NCCCC3C)NC12. The van der Waals surface area contributed by atoms with Crippen LogP contribution in [-0.4, -0.2) is 61.8 Å². The van der Waals surface area contributed by atoms with Crippen LogP contribution in [0.3, 0.4) is 0 Å². The molecule has 4 N–H and O–H groups in total. The molecule has 1 saturated carbocycles. The van der Waals surface area contributed by atoms with Gasteiger partial charge < -0.3 is 26.0 Å². The molecule has 3 saturated heterocycles. The van der Waals surface area contributed by atoms with E-state index in [-0.39, 0.29) is 36.0 Å². The Labute approximate surface area is 187 Å². The fourth-order valence-corrected chi connectivity index (χ4v) is 6.35. The zero-order chi connectivity index (χ0) is 21.8. The predicted octanol–water partition coefficient (Wildman–Crippen LogP) is 1.71. The molecule has 176 valence electrons. The highest BCUT2D eigenvalue weighted by Crippen LogP contribution is 2.36. The molecule has 0 aromatic heterocycles. The Morgan fingerprint density at radius 2 is 1.94 bits per heavy atom. The number of carbonyl (C=O) groups excluding carboxylic acids is 2. The van der Waals surface area contributed by atoms with E-state index in [1.807, 2.05) is 0 Å². The van der Waals surface area contributed by atoms with Gasteiger partial charge in [-0.05, 0) is 69.2 Å². The van der Waals surface area contributed by atoms with Gasteiger partial charge in [-0.2, -0.15) is 0 Å². The summed E-state index contributed by atoms with van der Waals surface area (Å²) in [5.74, 6) is 1.96. The number of rotatable bonds is 7. The van der Waals surface area contributed by atoms with E-state index >= 15 is 0 Å². The number of carbonyl (C=O) groups is 2. The first-order chi connectivity index (χ1) is 15.0. The maximum atomic E-state index is 13.3. The third kappa shape index (κ3) is 5.79. The standard InChI is InChI=1S/C24H42N4O3/c1-15-5-3-7-17-13-20(27-22(15)17)24(30)28-19(23-16(2)6-4-11-25-23)8-9-21(29)26-18-10-12-31-14-18/h15-20,22-23,25,27H,3-14H2,1-2H3,(H,26,29)(H,28,30). The van der Waals surface area contributed by atoms with Gasteiger partial charge in [0.2, 0.25) is 11.8 Å². The van der Waals surface area contributed by atoms with Gasteiger partial charge in [-0.25, -0.2) is 0 Å². The van der Waals surface area contributed by atoms with E-state index in [0.717, 1.165) is 26.0 Å². The van der Waals surface area contributed by atoms with Crippen molar-refractivity contribution in [1.82, 2.24) is 21.3 Å². The Balaban J connectivity index is 1.34. The highest BCUT2D eigenvalue weighted by Gasteiger charge is 2.42. The molecule has 1 aliphatic carbocycles. The Bertz CT molecular complexity index is 624. The average Bonchev–Trinajstić information content (AvgIpc) is 3.42. The van der Waals surface area contributed by atoms with Gasteiger partial charge in [0.25, 0.3) is 0 Å².